The lowest BCUT2D eigenvalue weighted by molar-refractivity contribution is -0.122. The Morgan fingerprint density at radius 1 is 1.19 bits per heavy atom. The van der Waals surface area contributed by atoms with Crippen molar-refractivity contribution in [2.24, 2.45) is 0 Å². The summed E-state index contributed by atoms with van der Waals surface area (Å²) in [5.74, 6) is -1.31. The van der Waals surface area contributed by atoms with Gasteiger partial charge in [0.15, 0.2) is 0 Å². The third-order valence-electron chi connectivity index (χ3n) is 4.01. The maximum Gasteiger partial charge on any atom is 0.262 e. The van der Waals surface area contributed by atoms with Gasteiger partial charge in [0.05, 0.1) is 23.3 Å². The molecule has 1 fully saturated rings. The van der Waals surface area contributed by atoms with Crippen LogP contribution in [0.3, 0.4) is 0 Å². The summed E-state index contributed by atoms with van der Waals surface area (Å²) in [6, 6.07) is 6.24. The Balaban J connectivity index is 1.67. The molecular formula is C15H16N2O4. The summed E-state index contributed by atoms with van der Waals surface area (Å²) in [6.07, 6.45) is 1.70. The van der Waals surface area contributed by atoms with Crippen molar-refractivity contribution >= 4 is 17.7 Å². The molecule has 1 aliphatic carbocycles. The molecule has 6 heteroatoms. The molecule has 110 valence electrons. The molecular weight excluding hydrogens is 272 g/mol. The lowest BCUT2D eigenvalue weighted by Gasteiger charge is -2.19. The van der Waals surface area contributed by atoms with Crippen molar-refractivity contribution in [3.8, 4) is 0 Å². The highest BCUT2D eigenvalue weighted by Gasteiger charge is 2.37. The van der Waals surface area contributed by atoms with E-state index in [0.717, 1.165) is 17.7 Å². The number of imide groups is 1. The normalized spacial score (nSPS) is 24.3. The number of fused-ring (bicyclic) bond motifs is 1. The molecule has 6 nitrogen and oxygen atoms in total. The number of aliphatic hydroxyl groups is 1. The number of amides is 3. The van der Waals surface area contributed by atoms with Crippen LogP contribution in [0.4, 0.5) is 0 Å². The van der Waals surface area contributed by atoms with E-state index in [2.05, 4.69) is 5.32 Å². The fourth-order valence-corrected chi connectivity index (χ4v) is 2.89. The first-order chi connectivity index (χ1) is 10.1. The van der Waals surface area contributed by atoms with Gasteiger partial charge in [-0.05, 0) is 31.4 Å². The van der Waals surface area contributed by atoms with E-state index < -0.39 is 23.8 Å². The average Bonchev–Trinajstić information content (AvgIpc) is 2.97. The first-order valence-electron chi connectivity index (χ1n) is 7.00. The Morgan fingerprint density at radius 2 is 1.81 bits per heavy atom. The summed E-state index contributed by atoms with van der Waals surface area (Å²) in [5, 5.41) is 12.4. The van der Waals surface area contributed by atoms with Gasteiger partial charge in [-0.25, -0.2) is 0 Å². The lowest BCUT2D eigenvalue weighted by Crippen LogP contribution is -2.46. The molecule has 21 heavy (non-hydrogen) atoms. The summed E-state index contributed by atoms with van der Waals surface area (Å²) in [6.45, 7) is -0.310. The Kier molecular flexibility index (Phi) is 3.47. The minimum Gasteiger partial charge on any atom is -0.391 e. The minimum atomic E-state index is -0.545. The molecule has 0 bridgehead atoms. The van der Waals surface area contributed by atoms with Crippen molar-refractivity contribution in [2.75, 3.05) is 6.54 Å². The first kappa shape index (κ1) is 13.8. The van der Waals surface area contributed by atoms with Crippen LogP contribution in [0.15, 0.2) is 24.3 Å². The van der Waals surface area contributed by atoms with Crippen LogP contribution < -0.4 is 5.32 Å². The Bertz CT molecular complexity index is 578. The van der Waals surface area contributed by atoms with E-state index in [1.807, 2.05) is 0 Å². The van der Waals surface area contributed by atoms with Gasteiger partial charge in [-0.3, -0.25) is 19.3 Å². The van der Waals surface area contributed by atoms with Crippen LogP contribution in [-0.4, -0.2) is 46.4 Å². The second-order valence-electron chi connectivity index (χ2n) is 5.41. The molecule has 0 radical (unpaired) electrons. The third-order valence-corrected chi connectivity index (χ3v) is 4.01. The van der Waals surface area contributed by atoms with E-state index in [9.17, 15) is 19.5 Å². The minimum absolute atomic E-state index is 0.285. The molecule has 0 saturated heterocycles. The summed E-state index contributed by atoms with van der Waals surface area (Å²) in [7, 11) is 0. The standard InChI is InChI=1S/C15H16N2O4/c18-12-7-3-6-11(12)16-13(19)8-17-14(20)9-4-1-2-5-10(9)15(17)21/h1-2,4-5,11-12,18H,3,6-8H2,(H,16,19). The van der Waals surface area contributed by atoms with Gasteiger partial charge in [0.25, 0.3) is 11.8 Å². The monoisotopic (exact) mass is 288 g/mol. The molecule has 3 rings (SSSR count). The molecule has 1 aliphatic heterocycles. The quantitative estimate of drug-likeness (QED) is 0.784. The van der Waals surface area contributed by atoms with E-state index in [1.54, 1.807) is 24.3 Å². The topological polar surface area (TPSA) is 86.7 Å². The summed E-state index contributed by atoms with van der Waals surface area (Å²) < 4.78 is 0. The summed E-state index contributed by atoms with van der Waals surface area (Å²) in [5.41, 5.74) is 0.660. The smallest absolute Gasteiger partial charge is 0.262 e. The number of hydrogen-bond acceptors (Lipinski definition) is 4. The third kappa shape index (κ3) is 2.42. The Morgan fingerprint density at radius 3 is 2.33 bits per heavy atom. The second-order valence-corrected chi connectivity index (χ2v) is 5.41. The highest BCUT2D eigenvalue weighted by Crippen LogP contribution is 2.22. The number of nitrogens with zero attached hydrogens (tertiary/aromatic N) is 1. The number of carbonyl (C=O) groups excluding carboxylic acids is 3. The summed E-state index contributed by atoms with van der Waals surface area (Å²) >= 11 is 0. The van der Waals surface area contributed by atoms with Crippen LogP contribution in [0.25, 0.3) is 0 Å². The summed E-state index contributed by atoms with van der Waals surface area (Å²) in [4.78, 5) is 37.2. The number of hydrogen-bond donors (Lipinski definition) is 2. The molecule has 1 aromatic carbocycles. The van der Waals surface area contributed by atoms with Gasteiger partial charge in [-0.2, -0.15) is 0 Å². The van der Waals surface area contributed by atoms with Gasteiger partial charge in [-0.1, -0.05) is 12.1 Å². The average molecular weight is 288 g/mol. The molecule has 2 N–H and O–H groups in total. The van der Waals surface area contributed by atoms with E-state index in [-0.39, 0.29) is 12.6 Å². The maximum atomic E-state index is 12.1. The van der Waals surface area contributed by atoms with E-state index in [4.69, 9.17) is 0 Å². The molecule has 1 aromatic rings. The number of nitrogens with one attached hydrogen (secondary N) is 1. The zero-order valence-electron chi connectivity index (χ0n) is 11.4. The van der Waals surface area contributed by atoms with Crippen LogP contribution in [0, 0.1) is 0 Å². The van der Waals surface area contributed by atoms with Gasteiger partial charge in [-0.15, -0.1) is 0 Å². The zero-order valence-corrected chi connectivity index (χ0v) is 11.4. The lowest BCUT2D eigenvalue weighted by atomic mass is 10.1. The van der Waals surface area contributed by atoms with Crippen LogP contribution in [0.2, 0.25) is 0 Å². The molecule has 0 spiro atoms. The molecule has 3 amide bonds. The number of carbonyl (C=O) groups is 3. The SMILES string of the molecule is O=C(CN1C(=O)c2ccccc2C1=O)NC1CCCC1O. The fourth-order valence-electron chi connectivity index (χ4n) is 2.89. The van der Waals surface area contributed by atoms with E-state index in [1.165, 1.54) is 0 Å². The van der Waals surface area contributed by atoms with Crippen molar-refractivity contribution in [3.05, 3.63) is 35.4 Å². The highest BCUT2D eigenvalue weighted by atomic mass is 16.3. The molecule has 1 saturated carbocycles. The first-order valence-corrected chi connectivity index (χ1v) is 7.00. The second kappa shape index (κ2) is 5.29. The van der Waals surface area contributed by atoms with Gasteiger partial charge in [0.1, 0.15) is 6.54 Å². The zero-order chi connectivity index (χ0) is 15.0. The van der Waals surface area contributed by atoms with Crippen LogP contribution in [0.5, 0.6) is 0 Å². The van der Waals surface area contributed by atoms with E-state index >= 15 is 0 Å². The highest BCUT2D eigenvalue weighted by molar-refractivity contribution is 6.22. The molecule has 2 unspecified atom stereocenters. The predicted molar refractivity (Wildman–Crippen MR) is 73.6 cm³/mol. The van der Waals surface area contributed by atoms with Crippen LogP contribution in [0.1, 0.15) is 40.0 Å². The number of aliphatic hydroxyl groups excluding tert-OH is 1. The van der Waals surface area contributed by atoms with Crippen molar-refractivity contribution in [3.63, 3.8) is 0 Å². The number of rotatable bonds is 3. The van der Waals surface area contributed by atoms with Crippen LogP contribution in [-0.2, 0) is 4.79 Å². The van der Waals surface area contributed by atoms with Gasteiger partial charge in [0, 0.05) is 0 Å². The number of benzene rings is 1. The molecule has 1 heterocycles. The van der Waals surface area contributed by atoms with Gasteiger partial charge < -0.3 is 10.4 Å². The maximum absolute atomic E-state index is 12.1. The van der Waals surface area contributed by atoms with Crippen molar-refractivity contribution < 1.29 is 19.5 Å². The van der Waals surface area contributed by atoms with Crippen molar-refractivity contribution in [2.45, 2.75) is 31.4 Å². The largest absolute Gasteiger partial charge is 0.391 e. The fraction of sp³-hybridized carbons (Fsp3) is 0.400. The van der Waals surface area contributed by atoms with Crippen molar-refractivity contribution in [1.29, 1.82) is 0 Å². The molecule has 0 aromatic heterocycles. The van der Waals surface area contributed by atoms with Crippen molar-refractivity contribution in [1.82, 2.24) is 10.2 Å². The molecule has 2 atom stereocenters. The van der Waals surface area contributed by atoms with Gasteiger partial charge >= 0.3 is 0 Å². The van der Waals surface area contributed by atoms with E-state index in [0.29, 0.717) is 17.5 Å². The van der Waals surface area contributed by atoms with Crippen LogP contribution >= 0.6 is 0 Å². The predicted octanol–water partition coefficient (Wildman–Crippen LogP) is 0.312. The Labute approximate surface area is 121 Å². The van der Waals surface area contributed by atoms with Gasteiger partial charge in [0.2, 0.25) is 5.91 Å². The molecule has 2 aliphatic rings. The Hall–Kier alpha value is -2.21.